The maximum Gasteiger partial charge on any atom is 0.340 e. The molecular formula is C16H24O4. The van der Waals surface area contributed by atoms with Crippen LogP contribution in [0.2, 0.25) is 0 Å². The van der Waals surface area contributed by atoms with Crippen LogP contribution in [0.4, 0.5) is 0 Å². The van der Waals surface area contributed by atoms with Gasteiger partial charge in [-0.2, -0.15) is 0 Å². The molecule has 1 aromatic rings. The number of carbonyl (C=O) groups excluding carboxylic acids is 1. The van der Waals surface area contributed by atoms with Crippen LogP contribution < -0.4 is 0 Å². The fourth-order valence-electron chi connectivity index (χ4n) is 1.96. The van der Waals surface area contributed by atoms with Crippen LogP contribution in [0, 0.1) is 0 Å². The summed E-state index contributed by atoms with van der Waals surface area (Å²) in [7, 11) is 0. The Labute approximate surface area is 120 Å². The topological polar surface area (TPSA) is 55.8 Å². The smallest absolute Gasteiger partial charge is 0.340 e. The predicted octanol–water partition coefficient (Wildman–Crippen LogP) is 2.86. The molecule has 112 valence electrons. The van der Waals surface area contributed by atoms with Gasteiger partial charge < -0.3 is 14.6 Å². The van der Waals surface area contributed by atoms with Gasteiger partial charge in [0, 0.05) is 6.42 Å². The first-order valence-electron chi connectivity index (χ1n) is 6.99. The molecule has 0 aliphatic rings. The van der Waals surface area contributed by atoms with E-state index in [4.69, 9.17) is 9.47 Å². The molecule has 0 aliphatic carbocycles. The van der Waals surface area contributed by atoms with Crippen molar-refractivity contribution in [2.75, 3.05) is 0 Å². The van der Waals surface area contributed by atoms with E-state index in [-0.39, 0.29) is 12.2 Å². The average molecular weight is 280 g/mol. The molecule has 0 radical (unpaired) electrons. The van der Waals surface area contributed by atoms with E-state index in [0.717, 1.165) is 5.56 Å². The summed E-state index contributed by atoms with van der Waals surface area (Å²) in [6.45, 7) is 7.19. The van der Waals surface area contributed by atoms with Crippen LogP contribution in [0.15, 0.2) is 30.3 Å². The van der Waals surface area contributed by atoms with Crippen molar-refractivity contribution >= 4 is 5.97 Å². The van der Waals surface area contributed by atoms with Gasteiger partial charge in [0.2, 0.25) is 0 Å². The zero-order valence-electron chi connectivity index (χ0n) is 12.6. The molecule has 0 spiro atoms. The Bertz CT molecular complexity index is 400. The van der Waals surface area contributed by atoms with Gasteiger partial charge >= 0.3 is 5.97 Å². The highest BCUT2D eigenvalue weighted by Gasteiger charge is 2.26. The second kappa shape index (κ2) is 8.02. The van der Waals surface area contributed by atoms with Crippen LogP contribution >= 0.6 is 0 Å². The molecule has 0 aliphatic heterocycles. The second-order valence-corrected chi connectivity index (χ2v) is 5.31. The summed E-state index contributed by atoms with van der Waals surface area (Å²) in [6.07, 6.45) is -1.24. The number of aliphatic hydroxyl groups excluding tert-OH is 1. The van der Waals surface area contributed by atoms with Crippen molar-refractivity contribution in [1.29, 1.82) is 0 Å². The summed E-state index contributed by atoms with van der Waals surface area (Å²) in [6, 6.07) is 9.29. The minimum atomic E-state index is -0.729. The van der Waals surface area contributed by atoms with Crippen molar-refractivity contribution in [1.82, 2.24) is 0 Å². The van der Waals surface area contributed by atoms with Crippen LogP contribution in [-0.4, -0.2) is 29.4 Å². The molecule has 1 rings (SSSR count). The van der Waals surface area contributed by atoms with Gasteiger partial charge in [0.1, 0.15) is 6.10 Å². The van der Waals surface area contributed by atoms with Crippen LogP contribution in [-0.2, 0) is 14.3 Å². The van der Waals surface area contributed by atoms with Crippen molar-refractivity contribution < 1.29 is 19.4 Å². The molecule has 0 heterocycles. The van der Waals surface area contributed by atoms with E-state index in [9.17, 15) is 9.90 Å². The Balaban J connectivity index is 2.75. The third-order valence-corrected chi connectivity index (χ3v) is 2.72. The SMILES string of the molecule is CC(C)OC(C(=O)O[C@H](C)C[C@@H](C)O)c1ccccc1. The summed E-state index contributed by atoms with van der Waals surface area (Å²) >= 11 is 0. The molecule has 0 bridgehead atoms. The lowest BCUT2D eigenvalue weighted by Gasteiger charge is -2.22. The maximum absolute atomic E-state index is 12.2. The lowest BCUT2D eigenvalue weighted by molar-refractivity contribution is -0.166. The molecule has 4 heteroatoms. The van der Waals surface area contributed by atoms with E-state index in [0.29, 0.717) is 6.42 Å². The molecule has 0 saturated heterocycles. The van der Waals surface area contributed by atoms with E-state index in [1.165, 1.54) is 0 Å². The van der Waals surface area contributed by atoms with Crippen molar-refractivity contribution in [2.24, 2.45) is 0 Å². The maximum atomic E-state index is 12.2. The molecule has 0 amide bonds. The van der Waals surface area contributed by atoms with E-state index in [1.807, 2.05) is 44.2 Å². The monoisotopic (exact) mass is 280 g/mol. The van der Waals surface area contributed by atoms with Crippen molar-refractivity contribution in [3.8, 4) is 0 Å². The Morgan fingerprint density at radius 1 is 1.15 bits per heavy atom. The summed E-state index contributed by atoms with van der Waals surface area (Å²) in [5.74, 6) is -0.418. The van der Waals surface area contributed by atoms with Crippen LogP contribution in [0.1, 0.15) is 45.8 Å². The van der Waals surface area contributed by atoms with Gasteiger partial charge in [-0.1, -0.05) is 30.3 Å². The molecule has 1 N–H and O–H groups in total. The third kappa shape index (κ3) is 5.72. The lowest BCUT2D eigenvalue weighted by Crippen LogP contribution is -2.27. The normalized spacial score (nSPS) is 15.7. The predicted molar refractivity (Wildman–Crippen MR) is 77.3 cm³/mol. The number of ether oxygens (including phenoxy) is 2. The number of benzene rings is 1. The van der Waals surface area contributed by atoms with Crippen molar-refractivity contribution in [3.63, 3.8) is 0 Å². The summed E-state index contributed by atoms with van der Waals surface area (Å²) in [4.78, 5) is 12.2. The summed E-state index contributed by atoms with van der Waals surface area (Å²) in [5.41, 5.74) is 0.774. The molecule has 0 saturated carbocycles. The highest BCUT2D eigenvalue weighted by atomic mass is 16.6. The molecule has 4 nitrogen and oxygen atoms in total. The summed E-state index contributed by atoms with van der Waals surface area (Å²) < 4.78 is 11.0. The van der Waals surface area contributed by atoms with Crippen LogP contribution in [0.3, 0.4) is 0 Å². The Hall–Kier alpha value is -1.39. The number of hydrogen-bond acceptors (Lipinski definition) is 4. The van der Waals surface area contributed by atoms with Gasteiger partial charge in [0.25, 0.3) is 0 Å². The Kier molecular flexibility index (Phi) is 6.68. The number of carbonyl (C=O) groups is 1. The third-order valence-electron chi connectivity index (χ3n) is 2.72. The first-order valence-corrected chi connectivity index (χ1v) is 6.99. The first-order chi connectivity index (χ1) is 9.40. The van der Waals surface area contributed by atoms with Gasteiger partial charge in [-0.15, -0.1) is 0 Å². The average Bonchev–Trinajstić information content (AvgIpc) is 2.35. The minimum Gasteiger partial charge on any atom is -0.460 e. The molecule has 20 heavy (non-hydrogen) atoms. The van der Waals surface area contributed by atoms with Gasteiger partial charge in [0.15, 0.2) is 6.10 Å². The number of hydrogen-bond donors (Lipinski definition) is 1. The molecule has 0 aromatic heterocycles. The molecule has 3 atom stereocenters. The Morgan fingerprint density at radius 3 is 2.25 bits per heavy atom. The lowest BCUT2D eigenvalue weighted by atomic mass is 10.1. The van der Waals surface area contributed by atoms with Gasteiger partial charge in [0.05, 0.1) is 12.2 Å². The summed E-state index contributed by atoms with van der Waals surface area (Å²) in [5, 5.41) is 9.31. The Morgan fingerprint density at radius 2 is 1.75 bits per heavy atom. The highest BCUT2D eigenvalue weighted by molar-refractivity contribution is 5.76. The quantitative estimate of drug-likeness (QED) is 0.780. The van der Waals surface area contributed by atoms with E-state index in [1.54, 1.807) is 13.8 Å². The van der Waals surface area contributed by atoms with Crippen molar-refractivity contribution in [3.05, 3.63) is 35.9 Å². The number of aliphatic hydroxyl groups is 1. The molecular weight excluding hydrogens is 256 g/mol. The zero-order chi connectivity index (χ0) is 15.1. The highest BCUT2D eigenvalue weighted by Crippen LogP contribution is 2.22. The fraction of sp³-hybridized carbons (Fsp3) is 0.562. The largest absolute Gasteiger partial charge is 0.460 e. The molecule has 1 unspecified atom stereocenters. The van der Waals surface area contributed by atoms with E-state index >= 15 is 0 Å². The van der Waals surface area contributed by atoms with Crippen LogP contribution in [0.5, 0.6) is 0 Å². The second-order valence-electron chi connectivity index (χ2n) is 5.31. The molecule has 1 aromatic carbocycles. The van der Waals surface area contributed by atoms with Gasteiger partial charge in [-0.25, -0.2) is 4.79 Å². The minimum absolute atomic E-state index is 0.0835. The van der Waals surface area contributed by atoms with E-state index in [2.05, 4.69) is 0 Å². The number of rotatable bonds is 7. The molecule has 0 fully saturated rings. The van der Waals surface area contributed by atoms with Crippen LogP contribution in [0.25, 0.3) is 0 Å². The first kappa shape index (κ1) is 16.7. The van der Waals surface area contributed by atoms with Gasteiger partial charge in [-0.3, -0.25) is 0 Å². The number of esters is 1. The van der Waals surface area contributed by atoms with Crippen molar-refractivity contribution in [2.45, 2.75) is 58.5 Å². The van der Waals surface area contributed by atoms with E-state index < -0.39 is 18.2 Å². The zero-order valence-corrected chi connectivity index (χ0v) is 12.6. The fourth-order valence-corrected chi connectivity index (χ4v) is 1.96. The van der Waals surface area contributed by atoms with Gasteiger partial charge in [-0.05, 0) is 33.3 Å². The standard InChI is InChI=1S/C16H24O4/c1-11(2)19-15(14-8-6-5-7-9-14)16(18)20-13(4)10-12(3)17/h5-9,11-13,15,17H,10H2,1-4H3/t12-,13-,15?/m1/s1.